The number of rotatable bonds is 10. The highest BCUT2D eigenvalue weighted by Crippen LogP contribution is 2.28. The molecule has 1 aromatic carbocycles. The molecule has 0 aliphatic rings. The molecule has 0 unspecified atom stereocenters. The van der Waals surface area contributed by atoms with Crippen LogP contribution >= 0.6 is 11.8 Å². The van der Waals surface area contributed by atoms with E-state index in [9.17, 15) is 8.78 Å². The van der Waals surface area contributed by atoms with Crippen LogP contribution in [0.4, 0.5) is 14.5 Å². The van der Waals surface area contributed by atoms with Crippen molar-refractivity contribution in [1.29, 1.82) is 0 Å². The SMILES string of the molecule is CCCCCCCCCCSc1c(F)cc(N)cc1F. The Bertz CT molecular complexity index is 373. The molecule has 0 aliphatic heterocycles. The summed E-state index contributed by atoms with van der Waals surface area (Å²) in [5.74, 6) is -0.341. The number of thioether (sulfide) groups is 1. The van der Waals surface area contributed by atoms with Crippen LogP contribution in [0.1, 0.15) is 58.3 Å². The number of unbranched alkanes of at least 4 members (excludes halogenated alkanes) is 7. The van der Waals surface area contributed by atoms with E-state index >= 15 is 0 Å². The summed E-state index contributed by atoms with van der Waals surface area (Å²) in [7, 11) is 0. The van der Waals surface area contributed by atoms with Gasteiger partial charge in [-0.05, 0) is 24.3 Å². The lowest BCUT2D eigenvalue weighted by Crippen LogP contribution is -1.94. The average Bonchev–Trinajstić information content (AvgIpc) is 2.39. The van der Waals surface area contributed by atoms with Gasteiger partial charge in [0.1, 0.15) is 11.6 Å². The van der Waals surface area contributed by atoms with Crippen LogP contribution in [0.2, 0.25) is 0 Å². The van der Waals surface area contributed by atoms with Crippen molar-refractivity contribution >= 4 is 17.4 Å². The van der Waals surface area contributed by atoms with Crippen molar-refractivity contribution in [2.75, 3.05) is 11.5 Å². The maximum atomic E-state index is 13.5. The smallest absolute Gasteiger partial charge is 0.141 e. The molecule has 114 valence electrons. The van der Waals surface area contributed by atoms with Crippen LogP contribution in [0.25, 0.3) is 0 Å². The third-order valence-corrected chi connectivity index (χ3v) is 4.44. The van der Waals surface area contributed by atoms with E-state index in [2.05, 4.69) is 6.92 Å². The van der Waals surface area contributed by atoms with Gasteiger partial charge in [-0.25, -0.2) is 8.78 Å². The molecule has 0 fully saturated rings. The van der Waals surface area contributed by atoms with Gasteiger partial charge in [0.2, 0.25) is 0 Å². The van der Waals surface area contributed by atoms with Crippen molar-refractivity contribution in [3.63, 3.8) is 0 Å². The summed E-state index contributed by atoms with van der Waals surface area (Å²) >= 11 is 1.25. The second kappa shape index (κ2) is 10.0. The van der Waals surface area contributed by atoms with Crippen molar-refractivity contribution < 1.29 is 8.78 Å². The molecule has 20 heavy (non-hydrogen) atoms. The minimum Gasteiger partial charge on any atom is -0.399 e. The number of anilines is 1. The first-order valence-corrected chi connectivity index (χ1v) is 8.51. The van der Waals surface area contributed by atoms with E-state index in [1.54, 1.807) is 0 Å². The van der Waals surface area contributed by atoms with Crippen LogP contribution in [0.5, 0.6) is 0 Å². The van der Waals surface area contributed by atoms with Crippen molar-refractivity contribution in [2.45, 2.75) is 63.2 Å². The number of nitrogen functional groups attached to an aromatic ring is 1. The molecule has 0 bridgehead atoms. The number of benzene rings is 1. The van der Waals surface area contributed by atoms with E-state index < -0.39 is 11.6 Å². The van der Waals surface area contributed by atoms with E-state index in [0.717, 1.165) is 18.6 Å². The Hall–Kier alpha value is -0.770. The number of hydrogen-bond donors (Lipinski definition) is 1. The maximum Gasteiger partial charge on any atom is 0.141 e. The summed E-state index contributed by atoms with van der Waals surface area (Å²) in [5.41, 5.74) is 5.52. The zero-order valence-electron chi connectivity index (χ0n) is 12.3. The molecule has 0 amide bonds. The Labute approximate surface area is 125 Å². The predicted molar refractivity (Wildman–Crippen MR) is 84.1 cm³/mol. The van der Waals surface area contributed by atoms with Crippen LogP contribution in [0.15, 0.2) is 17.0 Å². The Morgan fingerprint density at radius 3 is 1.95 bits per heavy atom. The average molecular weight is 301 g/mol. The first-order chi connectivity index (χ1) is 9.65. The molecule has 0 saturated heterocycles. The van der Waals surface area contributed by atoms with Crippen LogP contribution in [-0.4, -0.2) is 5.75 Å². The topological polar surface area (TPSA) is 26.0 Å². The molecule has 0 spiro atoms. The molecule has 0 aromatic heterocycles. The maximum absolute atomic E-state index is 13.5. The van der Waals surface area contributed by atoms with Gasteiger partial charge in [0.05, 0.1) is 4.90 Å². The molecule has 1 rings (SSSR count). The summed E-state index contributed by atoms with van der Waals surface area (Å²) in [5, 5.41) is 0. The van der Waals surface area contributed by atoms with Gasteiger partial charge in [0.15, 0.2) is 0 Å². The zero-order valence-corrected chi connectivity index (χ0v) is 13.1. The fourth-order valence-corrected chi connectivity index (χ4v) is 3.07. The molecule has 2 N–H and O–H groups in total. The normalized spacial score (nSPS) is 10.9. The van der Waals surface area contributed by atoms with E-state index in [0.29, 0.717) is 0 Å². The fraction of sp³-hybridized carbons (Fsp3) is 0.625. The van der Waals surface area contributed by atoms with Crippen molar-refractivity contribution in [1.82, 2.24) is 0 Å². The minimum atomic E-state index is -0.549. The Balaban J connectivity index is 2.13. The van der Waals surface area contributed by atoms with Gasteiger partial charge in [-0.3, -0.25) is 0 Å². The van der Waals surface area contributed by atoms with Gasteiger partial charge in [-0.15, -0.1) is 11.8 Å². The van der Waals surface area contributed by atoms with Gasteiger partial charge in [0, 0.05) is 5.69 Å². The summed E-state index contributed by atoms with van der Waals surface area (Å²) in [6.07, 6.45) is 9.86. The first-order valence-electron chi connectivity index (χ1n) is 7.52. The Morgan fingerprint density at radius 2 is 1.40 bits per heavy atom. The lowest BCUT2D eigenvalue weighted by molar-refractivity contribution is 0.541. The second-order valence-electron chi connectivity index (χ2n) is 5.14. The standard InChI is InChI=1S/C16H25F2NS/c1-2-3-4-5-6-7-8-9-10-20-16-14(17)11-13(19)12-15(16)18/h11-12H,2-10,19H2,1H3. The van der Waals surface area contributed by atoms with Crippen LogP contribution < -0.4 is 5.73 Å². The second-order valence-corrected chi connectivity index (χ2v) is 6.24. The number of halogens is 2. The molecule has 0 aliphatic carbocycles. The highest BCUT2D eigenvalue weighted by molar-refractivity contribution is 7.99. The van der Waals surface area contributed by atoms with Crippen molar-refractivity contribution in [3.8, 4) is 0 Å². The highest BCUT2D eigenvalue weighted by Gasteiger charge is 2.10. The van der Waals surface area contributed by atoms with E-state index in [1.165, 1.54) is 62.4 Å². The van der Waals surface area contributed by atoms with E-state index in [4.69, 9.17) is 5.73 Å². The summed E-state index contributed by atoms with van der Waals surface area (Å²) in [6, 6.07) is 2.36. The minimum absolute atomic E-state index is 0.0992. The van der Waals surface area contributed by atoms with Crippen molar-refractivity contribution in [3.05, 3.63) is 23.8 Å². The fourth-order valence-electron chi connectivity index (χ4n) is 2.13. The molecule has 0 radical (unpaired) electrons. The molecule has 4 heteroatoms. The van der Waals surface area contributed by atoms with Gasteiger partial charge in [0.25, 0.3) is 0 Å². The number of hydrogen-bond acceptors (Lipinski definition) is 2. The summed E-state index contributed by atoms with van der Waals surface area (Å²) < 4.78 is 27.0. The molecule has 0 atom stereocenters. The monoisotopic (exact) mass is 301 g/mol. The molecule has 1 aromatic rings. The Morgan fingerprint density at radius 1 is 0.900 bits per heavy atom. The lowest BCUT2D eigenvalue weighted by Gasteiger charge is -2.06. The van der Waals surface area contributed by atoms with Gasteiger partial charge in [-0.1, -0.05) is 51.9 Å². The largest absolute Gasteiger partial charge is 0.399 e. The lowest BCUT2D eigenvalue weighted by atomic mass is 10.1. The van der Waals surface area contributed by atoms with Gasteiger partial charge >= 0.3 is 0 Å². The highest BCUT2D eigenvalue weighted by atomic mass is 32.2. The van der Waals surface area contributed by atoms with E-state index in [-0.39, 0.29) is 10.6 Å². The van der Waals surface area contributed by atoms with E-state index in [1.807, 2.05) is 0 Å². The zero-order chi connectivity index (χ0) is 14.8. The molecule has 0 heterocycles. The number of nitrogens with two attached hydrogens (primary N) is 1. The van der Waals surface area contributed by atoms with Crippen LogP contribution in [0, 0.1) is 11.6 Å². The summed E-state index contributed by atoms with van der Waals surface area (Å²) in [4.78, 5) is 0.0992. The van der Waals surface area contributed by atoms with Crippen molar-refractivity contribution in [2.24, 2.45) is 0 Å². The predicted octanol–water partition coefficient (Wildman–Crippen LogP) is 5.78. The quantitative estimate of drug-likeness (QED) is 0.337. The first kappa shape index (κ1) is 17.3. The molecule has 0 saturated carbocycles. The molecular formula is C16H25F2NS. The third kappa shape index (κ3) is 6.60. The molecular weight excluding hydrogens is 276 g/mol. The third-order valence-electron chi connectivity index (χ3n) is 3.26. The van der Waals surface area contributed by atoms with Crippen LogP contribution in [-0.2, 0) is 0 Å². The van der Waals surface area contributed by atoms with Crippen LogP contribution in [0.3, 0.4) is 0 Å². The Kier molecular flexibility index (Phi) is 8.67. The summed E-state index contributed by atoms with van der Waals surface area (Å²) in [6.45, 7) is 2.21. The molecule has 1 nitrogen and oxygen atoms in total. The van der Waals surface area contributed by atoms with Gasteiger partial charge in [-0.2, -0.15) is 0 Å². The van der Waals surface area contributed by atoms with Gasteiger partial charge < -0.3 is 5.73 Å².